The molecular formula is C22H27N3O+2. The number of quaternary nitrogens is 2. The van der Waals surface area contributed by atoms with E-state index in [2.05, 4.69) is 42.2 Å². The number of para-hydroxylation sites is 1. The third-order valence-corrected chi connectivity index (χ3v) is 5.76. The van der Waals surface area contributed by atoms with Crippen molar-refractivity contribution in [1.29, 1.82) is 0 Å². The van der Waals surface area contributed by atoms with E-state index in [0.29, 0.717) is 0 Å². The Kier molecular flexibility index (Phi) is 4.87. The minimum absolute atomic E-state index is 0.00693. The maximum atomic E-state index is 13.0. The average molecular weight is 349 g/mol. The molecule has 2 heterocycles. The Morgan fingerprint density at radius 2 is 1.69 bits per heavy atom. The zero-order valence-electron chi connectivity index (χ0n) is 15.3. The van der Waals surface area contributed by atoms with Crippen LogP contribution in [0.4, 0.5) is 0 Å². The average Bonchev–Trinajstić information content (AvgIpc) is 3.12. The van der Waals surface area contributed by atoms with Crippen molar-refractivity contribution >= 4 is 16.7 Å². The Morgan fingerprint density at radius 3 is 2.46 bits per heavy atom. The van der Waals surface area contributed by atoms with Crippen molar-refractivity contribution < 1.29 is 14.6 Å². The third-order valence-electron chi connectivity index (χ3n) is 5.76. The Bertz CT molecular complexity index is 879. The summed E-state index contributed by atoms with van der Waals surface area (Å²) >= 11 is 0. The van der Waals surface area contributed by atoms with Crippen LogP contribution in [0.3, 0.4) is 0 Å². The van der Waals surface area contributed by atoms with E-state index < -0.39 is 0 Å². The number of hydrogen-bond donors (Lipinski definition) is 3. The smallest absolute Gasteiger partial charge is 0.221 e. The van der Waals surface area contributed by atoms with Crippen molar-refractivity contribution in [2.45, 2.75) is 19.5 Å². The Hall–Kier alpha value is -2.43. The van der Waals surface area contributed by atoms with Crippen molar-refractivity contribution in [3.8, 4) is 0 Å². The molecule has 2 aromatic carbocycles. The molecule has 0 radical (unpaired) electrons. The van der Waals surface area contributed by atoms with Gasteiger partial charge in [0.1, 0.15) is 38.8 Å². The first-order valence-electron chi connectivity index (χ1n) is 9.55. The molecule has 4 nitrogen and oxygen atoms in total. The van der Waals surface area contributed by atoms with Crippen molar-refractivity contribution in [1.82, 2.24) is 4.98 Å². The van der Waals surface area contributed by atoms with Gasteiger partial charge in [-0.1, -0.05) is 48.5 Å². The van der Waals surface area contributed by atoms with Crippen LogP contribution in [0.25, 0.3) is 10.9 Å². The summed E-state index contributed by atoms with van der Waals surface area (Å²) in [7, 11) is 0. The van der Waals surface area contributed by atoms with Crippen molar-refractivity contribution in [3.63, 3.8) is 0 Å². The van der Waals surface area contributed by atoms with E-state index in [-0.39, 0.29) is 11.8 Å². The molecule has 3 aromatic rings. The monoisotopic (exact) mass is 349 g/mol. The van der Waals surface area contributed by atoms with E-state index in [9.17, 15) is 4.79 Å². The molecule has 134 valence electrons. The van der Waals surface area contributed by atoms with Crippen LogP contribution in [0.15, 0.2) is 60.8 Å². The van der Waals surface area contributed by atoms with Gasteiger partial charge in [-0.2, -0.15) is 0 Å². The number of hydrogen-bond acceptors (Lipinski definition) is 1. The quantitative estimate of drug-likeness (QED) is 0.584. The fraction of sp³-hybridized carbons (Fsp3) is 0.318. The molecule has 0 spiro atoms. The molecule has 1 saturated heterocycles. The van der Waals surface area contributed by atoms with E-state index in [1.807, 2.05) is 30.5 Å². The lowest BCUT2D eigenvalue weighted by Crippen LogP contribution is -3.29. The summed E-state index contributed by atoms with van der Waals surface area (Å²) in [4.78, 5) is 19.3. The van der Waals surface area contributed by atoms with Gasteiger partial charge < -0.3 is 14.8 Å². The highest BCUT2D eigenvalue weighted by atomic mass is 16.1. The highest BCUT2D eigenvalue weighted by Crippen LogP contribution is 2.18. The van der Waals surface area contributed by atoms with Crippen LogP contribution in [0.5, 0.6) is 0 Å². The molecule has 0 amide bonds. The maximum absolute atomic E-state index is 13.0. The topological polar surface area (TPSA) is 41.7 Å². The number of Topliss-reactive ketones (excluding diaryl/α,β-unsaturated/α-hetero) is 1. The molecule has 0 unspecified atom stereocenters. The second-order valence-corrected chi connectivity index (χ2v) is 7.40. The lowest BCUT2D eigenvalue weighted by atomic mass is 10.0. The summed E-state index contributed by atoms with van der Waals surface area (Å²) in [5.41, 5.74) is 3.27. The van der Waals surface area contributed by atoms with Gasteiger partial charge in [-0.15, -0.1) is 0 Å². The number of carbonyl (C=O) groups excluding carboxylic acids is 1. The number of aromatic amines is 1. The number of fused-ring (bicyclic) bond motifs is 1. The first kappa shape index (κ1) is 17.0. The number of aromatic nitrogens is 1. The number of piperazine rings is 1. The first-order chi connectivity index (χ1) is 12.7. The van der Waals surface area contributed by atoms with Crippen molar-refractivity contribution in [2.75, 3.05) is 26.2 Å². The standard InChI is InChI=1S/C22H25N3O/c1-17(22(26)20-15-23-21-10-6-5-9-19(20)21)25-13-11-24(12-14-25)16-18-7-3-2-4-8-18/h2-10,15,17,23H,11-14,16H2,1H3/p+2/t17-/m0/s1. The molecule has 0 aliphatic carbocycles. The normalized spacial score (nSPS) is 21.6. The van der Waals surface area contributed by atoms with Gasteiger partial charge in [-0.3, -0.25) is 4.79 Å². The van der Waals surface area contributed by atoms with E-state index in [0.717, 1.165) is 49.2 Å². The lowest BCUT2D eigenvalue weighted by molar-refractivity contribution is -1.02. The molecule has 26 heavy (non-hydrogen) atoms. The predicted octanol–water partition coefficient (Wildman–Crippen LogP) is 0.723. The largest absolute Gasteiger partial charge is 0.360 e. The molecule has 4 rings (SSSR count). The number of carbonyl (C=O) groups is 1. The molecule has 1 aliphatic rings. The Labute approximate surface area is 154 Å². The van der Waals surface area contributed by atoms with Crippen LogP contribution in [0.2, 0.25) is 0 Å². The first-order valence-corrected chi connectivity index (χ1v) is 9.55. The summed E-state index contributed by atoms with van der Waals surface area (Å²) in [5.74, 6) is 0.254. The molecule has 4 heteroatoms. The van der Waals surface area contributed by atoms with Gasteiger partial charge in [0.05, 0.1) is 0 Å². The third kappa shape index (κ3) is 3.43. The zero-order valence-corrected chi connectivity index (χ0v) is 15.3. The van der Waals surface area contributed by atoms with Gasteiger partial charge in [0.2, 0.25) is 5.78 Å². The fourth-order valence-corrected chi connectivity index (χ4v) is 4.11. The summed E-state index contributed by atoms with van der Waals surface area (Å²) < 4.78 is 0. The van der Waals surface area contributed by atoms with Gasteiger partial charge in [-0.25, -0.2) is 0 Å². The molecule has 1 fully saturated rings. The molecule has 1 aromatic heterocycles. The predicted molar refractivity (Wildman–Crippen MR) is 104 cm³/mol. The van der Waals surface area contributed by atoms with Crippen LogP contribution in [-0.4, -0.2) is 43.0 Å². The van der Waals surface area contributed by atoms with Gasteiger partial charge >= 0.3 is 0 Å². The van der Waals surface area contributed by atoms with Crippen LogP contribution in [-0.2, 0) is 6.54 Å². The van der Waals surface area contributed by atoms with Gasteiger partial charge in [0.25, 0.3) is 0 Å². The van der Waals surface area contributed by atoms with Crippen LogP contribution < -0.4 is 9.80 Å². The van der Waals surface area contributed by atoms with E-state index in [4.69, 9.17) is 0 Å². The van der Waals surface area contributed by atoms with Crippen LogP contribution in [0.1, 0.15) is 22.8 Å². The van der Waals surface area contributed by atoms with Crippen LogP contribution in [0, 0.1) is 0 Å². The van der Waals surface area contributed by atoms with E-state index >= 15 is 0 Å². The second kappa shape index (κ2) is 7.44. The lowest BCUT2D eigenvalue weighted by Gasteiger charge is -2.32. The van der Waals surface area contributed by atoms with Crippen molar-refractivity contribution in [2.24, 2.45) is 0 Å². The number of nitrogens with one attached hydrogen (secondary N) is 3. The van der Waals surface area contributed by atoms with Crippen LogP contribution >= 0.6 is 0 Å². The zero-order chi connectivity index (χ0) is 17.9. The summed E-state index contributed by atoms with van der Waals surface area (Å²) in [6.07, 6.45) is 1.87. The molecule has 1 atom stereocenters. The second-order valence-electron chi connectivity index (χ2n) is 7.40. The molecule has 0 bridgehead atoms. The number of H-pyrrole nitrogens is 1. The summed E-state index contributed by atoms with van der Waals surface area (Å²) in [5, 5.41) is 1.04. The highest BCUT2D eigenvalue weighted by molar-refractivity contribution is 6.09. The number of benzene rings is 2. The molecule has 3 N–H and O–H groups in total. The Morgan fingerprint density at radius 1 is 1.00 bits per heavy atom. The molecular weight excluding hydrogens is 322 g/mol. The fourth-order valence-electron chi connectivity index (χ4n) is 4.11. The Balaban J connectivity index is 1.39. The van der Waals surface area contributed by atoms with Gasteiger partial charge in [0, 0.05) is 28.2 Å². The molecule has 0 saturated carbocycles. The minimum atomic E-state index is 0.00693. The van der Waals surface area contributed by atoms with E-state index in [1.165, 1.54) is 10.5 Å². The van der Waals surface area contributed by atoms with E-state index in [1.54, 1.807) is 4.90 Å². The maximum Gasteiger partial charge on any atom is 0.221 e. The van der Waals surface area contributed by atoms with Gasteiger partial charge in [0.15, 0.2) is 0 Å². The number of rotatable bonds is 5. The highest BCUT2D eigenvalue weighted by Gasteiger charge is 2.32. The summed E-state index contributed by atoms with van der Waals surface area (Å²) in [6.45, 7) is 7.51. The minimum Gasteiger partial charge on any atom is -0.360 e. The number of ketones is 1. The SMILES string of the molecule is C[C@@H](C(=O)c1c[nH]c2ccccc12)[NH+]1CC[NH+](Cc2ccccc2)CC1. The van der Waals surface area contributed by atoms with Gasteiger partial charge in [-0.05, 0) is 13.0 Å². The summed E-state index contributed by atoms with van der Waals surface area (Å²) in [6, 6.07) is 18.7. The van der Waals surface area contributed by atoms with Crippen molar-refractivity contribution in [3.05, 3.63) is 71.9 Å². The molecule has 1 aliphatic heterocycles.